The molecule has 0 saturated heterocycles. The van der Waals surface area contributed by atoms with Crippen LogP contribution in [0.4, 0.5) is 15.1 Å². The van der Waals surface area contributed by atoms with E-state index in [4.69, 9.17) is 16.3 Å². The van der Waals surface area contributed by atoms with E-state index in [1.165, 1.54) is 18.2 Å². The predicted molar refractivity (Wildman–Crippen MR) is 117 cm³/mol. The molecule has 9 nitrogen and oxygen atoms in total. The Hall–Kier alpha value is -2.53. The minimum absolute atomic E-state index is 0.0782. The fraction of sp³-hybridized carbons (Fsp3) is 0.476. The largest absolute Gasteiger partial charge is 0.394 e. The van der Waals surface area contributed by atoms with Crippen LogP contribution >= 0.6 is 11.6 Å². The van der Waals surface area contributed by atoms with Crippen LogP contribution in [0.1, 0.15) is 29.3 Å². The SMILES string of the molecule is COCC[C@@H](CO)Nc1ncc2c(n1)CN(C(=O)N[C@H](CO)c1ccc(F)c(Cl)c1)CC2. The van der Waals surface area contributed by atoms with Gasteiger partial charge in [-0.25, -0.2) is 19.2 Å². The summed E-state index contributed by atoms with van der Waals surface area (Å²) < 4.78 is 18.5. The number of benzene rings is 1. The molecule has 2 amide bonds. The molecule has 0 aliphatic carbocycles. The van der Waals surface area contributed by atoms with E-state index < -0.39 is 11.9 Å². The molecule has 0 spiro atoms. The Kier molecular flexibility index (Phi) is 8.57. The summed E-state index contributed by atoms with van der Waals surface area (Å²) in [5.41, 5.74) is 2.16. The lowest BCUT2D eigenvalue weighted by Gasteiger charge is -2.30. The predicted octanol–water partition coefficient (Wildman–Crippen LogP) is 1.88. The Morgan fingerprint density at radius 2 is 2.19 bits per heavy atom. The number of nitrogens with one attached hydrogen (secondary N) is 2. The van der Waals surface area contributed by atoms with Crippen molar-refractivity contribution in [2.24, 2.45) is 0 Å². The first-order valence-electron chi connectivity index (χ1n) is 10.3. The quantitative estimate of drug-likeness (QED) is 0.444. The van der Waals surface area contributed by atoms with Gasteiger partial charge in [0.05, 0.1) is 42.6 Å². The number of aliphatic hydroxyl groups excluding tert-OH is 2. The topological polar surface area (TPSA) is 120 Å². The second kappa shape index (κ2) is 11.4. The van der Waals surface area contributed by atoms with Gasteiger partial charge in [-0.15, -0.1) is 0 Å². The van der Waals surface area contributed by atoms with Gasteiger partial charge in [-0.3, -0.25) is 0 Å². The number of amides is 2. The summed E-state index contributed by atoms with van der Waals surface area (Å²) in [7, 11) is 1.59. The third-order valence-corrected chi connectivity index (χ3v) is 5.57. The first-order chi connectivity index (χ1) is 15.4. The lowest BCUT2D eigenvalue weighted by atomic mass is 10.1. The lowest BCUT2D eigenvalue weighted by Crippen LogP contribution is -2.45. The number of methoxy groups -OCH3 is 1. The van der Waals surface area contributed by atoms with E-state index in [1.54, 1.807) is 18.2 Å². The van der Waals surface area contributed by atoms with Crippen molar-refractivity contribution in [3.8, 4) is 0 Å². The van der Waals surface area contributed by atoms with Gasteiger partial charge in [0, 0.05) is 26.5 Å². The van der Waals surface area contributed by atoms with Crippen LogP contribution in [0.3, 0.4) is 0 Å². The average molecular weight is 468 g/mol. The minimum Gasteiger partial charge on any atom is -0.394 e. The highest BCUT2D eigenvalue weighted by Gasteiger charge is 2.25. The van der Waals surface area contributed by atoms with Crippen molar-refractivity contribution < 1.29 is 24.1 Å². The van der Waals surface area contributed by atoms with Gasteiger partial charge in [0.15, 0.2) is 0 Å². The number of fused-ring (bicyclic) bond motifs is 1. The number of hydrogen-bond acceptors (Lipinski definition) is 7. The smallest absolute Gasteiger partial charge is 0.318 e. The molecule has 2 heterocycles. The van der Waals surface area contributed by atoms with E-state index in [-0.39, 0.29) is 36.9 Å². The maximum Gasteiger partial charge on any atom is 0.318 e. The number of anilines is 1. The van der Waals surface area contributed by atoms with E-state index in [0.29, 0.717) is 43.2 Å². The van der Waals surface area contributed by atoms with Gasteiger partial charge in [-0.05, 0) is 36.1 Å². The third kappa shape index (κ3) is 6.04. The summed E-state index contributed by atoms with van der Waals surface area (Å²) in [6.07, 6.45) is 2.90. The maximum absolute atomic E-state index is 13.4. The van der Waals surface area contributed by atoms with Gasteiger partial charge in [0.1, 0.15) is 5.82 Å². The molecule has 0 bridgehead atoms. The third-order valence-electron chi connectivity index (χ3n) is 5.28. The highest BCUT2D eigenvalue weighted by Crippen LogP contribution is 2.22. The van der Waals surface area contributed by atoms with Crippen molar-refractivity contribution in [1.82, 2.24) is 20.2 Å². The average Bonchev–Trinajstić information content (AvgIpc) is 2.81. The number of rotatable bonds is 9. The number of ether oxygens (including phenoxy) is 1. The molecule has 0 unspecified atom stereocenters. The number of urea groups is 1. The van der Waals surface area contributed by atoms with Crippen LogP contribution in [0.25, 0.3) is 0 Å². The van der Waals surface area contributed by atoms with Gasteiger partial charge in [0.2, 0.25) is 5.95 Å². The number of nitrogens with zero attached hydrogens (tertiary/aromatic N) is 3. The molecule has 32 heavy (non-hydrogen) atoms. The molecule has 0 saturated carbocycles. The molecule has 2 aromatic rings. The van der Waals surface area contributed by atoms with Crippen LogP contribution < -0.4 is 10.6 Å². The fourth-order valence-electron chi connectivity index (χ4n) is 3.40. The first-order valence-corrected chi connectivity index (χ1v) is 10.6. The summed E-state index contributed by atoms with van der Waals surface area (Å²) in [4.78, 5) is 23.2. The summed E-state index contributed by atoms with van der Waals surface area (Å²) in [5.74, 6) is -0.198. The molecule has 4 N–H and O–H groups in total. The number of carbonyl (C=O) groups is 1. The lowest BCUT2D eigenvalue weighted by molar-refractivity contribution is 0.174. The molecule has 1 aliphatic heterocycles. The molecular formula is C21H27ClFN5O4. The van der Waals surface area contributed by atoms with E-state index in [0.717, 1.165) is 5.56 Å². The Morgan fingerprint density at radius 1 is 1.38 bits per heavy atom. The Bertz CT molecular complexity index is 935. The van der Waals surface area contributed by atoms with E-state index in [9.17, 15) is 19.4 Å². The summed E-state index contributed by atoms with van der Waals surface area (Å²) in [6.45, 7) is 0.766. The van der Waals surface area contributed by atoms with Gasteiger partial charge in [-0.2, -0.15) is 0 Å². The molecule has 1 aliphatic rings. The van der Waals surface area contributed by atoms with Crippen LogP contribution in [0.15, 0.2) is 24.4 Å². The fourth-order valence-corrected chi connectivity index (χ4v) is 3.59. The number of hydrogen-bond donors (Lipinski definition) is 4. The zero-order valence-corrected chi connectivity index (χ0v) is 18.5. The van der Waals surface area contributed by atoms with Gasteiger partial charge in [0.25, 0.3) is 0 Å². The van der Waals surface area contributed by atoms with Crippen molar-refractivity contribution in [2.75, 3.05) is 38.8 Å². The first kappa shape index (κ1) is 24.1. The molecule has 11 heteroatoms. The van der Waals surface area contributed by atoms with Crippen LogP contribution in [0.2, 0.25) is 5.02 Å². The zero-order chi connectivity index (χ0) is 23.1. The van der Waals surface area contributed by atoms with E-state index in [1.807, 2.05) is 0 Å². The number of aliphatic hydroxyl groups is 2. The van der Waals surface area contributed by atoms with Crippen LogP contribution in [-0.4, -0.2) is 70.6 Å². The van der Waals surface area contributed by atoms with Gasteiger partial charge in [-0.1, -0.05) is 17.7 Å². The number of aromatic nitrogens is 2. The molecule has 3 rings (SSSR count). The maximum atomic E-state index is 13.4. The Labute approximate surface area is 190 Å². The molecule has 1 aromatic heterocycles. The van der Waals surface area contributed by atoms with Crippen molar-refractivity contribution in [3.05, 3.63) is 52.1 Å². The van der Waals surface area contributed by atoms with Crippen LogP contribution in [0.5, 0.6) is 0 Å². The Balaban J connectivity index is 1.66. The van der Waals surface area contributed by atoms with Crippen molar-refractivity contribution in [2.45, 2.75) is 31.5 Å². The van der Waals surface area contributed by atoms with E-state index >= 15 is 0 Å². The highest BCUT2D eigenvalue weighted by atomic mass is 35.5. The summed E-state index contributed by atoms with van der Waals surface area (Å²) in [6, 6.07) is 2.70. The second-order valence-electron chi connectivity index (χ2n) is 7.50. The number of halogens is 2. The number of carbonyl (C=O) groups excluding carboxylic acids is 1. The van der Waals surface area contributed by atoms with Crippen LogP contribution in [0, 0.1) is 5.82 Å². The van der Waals surface area contributed by atoms with Gasteiger partial charge >= 0.3 is 6.03 Å². The van der Waals surface area contributed by atoms with Crippen LogP contribution in [-0.2, 0) is 17.7 Å². The van der Waals surface area contributed by atoms with Crippen molar-refractivity contribution in [3.63, 3.8) is 0 Å². The molecule has 2 atom stereocenters. The molecule has 0 radical (unpaired) electrons. The van der Waals surface area contributed by atoms with Gasteiger partial charge < -0.3 is 30.5 Å². The normalized spacial score (nSPS) is 15.1. The summed E-state index contributed by atoms with van der Waals surface area (Å²) in [5, 5.41) is 25.0. The van der Waals surface area contributed by atoms with E-state index in [2.05, 4.69) is 20.6 Å². The molecule has 1 aromatic carbocycles. The molecular weight excluding hydrogens is 441 g/mol. The highest BCUT2D eigenvalue weighted by molar-refractivity contribution is 6.30. The summed E-state index contributed by atoms with van der Waals surface area (Å²) >= 11 is 5.82. The molecule has 174 valence electrons. The zero-order valence-electron chi connectivity index (χ0n) is 17.7. The second-order valence-corrected chi connectivity index (χ2v) is 7.91. The van der Waals surface area contributed by atoms with Crippen molar-refractivity contribution in [1.29, 1.82) is 0 Å². The minimum atomic E-state index is -0.726. The monoisotopic (exact) mass is 467 g/mol. The Morgan fingerprint density at radius 3 is 2.88 bits per heavy atom. The van der Waals surface area contributed by atoms with Crippen molar-refractivity contribution >= 4 is 23.6 Å². The standard InChI is InChI=1S/C21H27ClFN5O4/c1-32-7-5-15(11-29)25-20-24-9-14-4-6-28(10-18(14)26-20)21(31)27-19(12-30)13-2-3-17(23)16(22)8-13/h2-3,8-9,15,19,29-30H,4-7,10-12H2,1H3,(H,27,31)(H,24,25,26)/t15-,19+/m0/s1. The molecule has 0 fully saturated rings.